The fourth-order valence-electron chi connectivity index (χ4n) is 2.84. The van der Waals surface area contributed by atoms with Gasteiger partial charge in [0.25, 0.3) is 0 Å². The van der Waals surface area contributed by atoms with Crippen LogP contribution in [0, 0.1) is 5.92 Å². The highest BCUT2D eigenvalue weighted by atomic mass is 16.4. The third-order valence-corrected chi connectivity index (χ3v) is 3.96. The first kappa shape index (κ1) is 18.7. The van der Waals surface area contributed by atoms with Crippen LogP contribution >= 0.6 is 0 Å². The van der Waals surface area contributed by atoms with E-state index in [0.717, 1.165) is 25.2 Å². The van der Waals surface area contributed by atoms with Crippen molar-refractivity contribution in [1.82, 2.24) is 10.2 Å². The third kappa shape index (κ3) is 6.16. The summed E-state index contributed by atoms with van der Waals surface area (Å²) in [7, 11) is 0. The summed E-state index contributed by atoms with van der Waals surface area (Å²) in [4.78, 5) is 13.5. The number of benzene rings is 1. The molecule has 0 amide bonds. The Bertz CT molecular complexity index is 456. The van der Waals surface area contributed by atoms with Gasteiger partial charge in [-0.05, 0) is 43.1 Å². The first-order valence-corrected chi connectivity index (χ1v) is 8.24. The summed E-state index contributed by atoms with van der Waals surface area (Å²) in [5, 5.41) is 12.5. The van der Waals surface area contributed by atoms with Crippen LogP contribution in [-0.4, -0.2) is 41.7 Å². The van der Waals surface area contributed by atoms with Crippen molar-refractivity contribution < 1.29 is 9.90 Å². The molecule has 0 aliphatic carbocycles. The van der Waals surface area contributed by atoms with E-state index in [-0.39, 0.29) is 0 Å². The predicted molar refractivity (Wildman–Crippen MR) is 91.3 cm³/mol. The maximum absolute atomic E-state index is 11.0. The number of carbonyl (C=O) groups is 1. The lowest BCUT2D eigenvalue weighted by molar-refractivity contribution is 0.0696. The van der Waals surface area contributed by atoms with E-state index in [2.05, 4.69) is 37.9 Å². The molecule has 0 aliphatic rings. The molecule has 0 radical (unpaired) electrons. The van der Waals surface area contributed by atoms with Crippen molar-refractivity contribution in [2.45, 2.75) is 46.7 Å². The second-order valence-corrected chi connectivity index (χ2v) is 6.14. The molecular formula is C18H30N2O2. The molecule has 0 aliphatic heterocycles. The van der Waals surface area contributed by atoms with Crippen LogP contribution in [0.15, 0.2) is 24.3 Å². The lowest BCUT2D eigenvalue weighted by Gasteiger charge is -2.31. The zero-order chi connectivity index (χ0) is 16.5. The van der Waals surface area contributed by atoms with Crippen molar-refractivity contribution in [3.05, 3.63) is 35.4 Å². The molecule has 0 fully saturated rings. The molecule has 0 saturated heterocycles. The largest absolute Gasteiger partial charge is 0.478 e. The number of aromatic carboxylic acids is 1. The number of carboxylic acids is 1. The van der Waals surface area contributed by atoms with Crippen LogP contribution in [0.1, 0.15) is 50.0 Å². The van der Waals surface area contributed by atoms with Crippen molar-refractivity contribution in [3.8, 4) is 0 Å². The summed E-state index contributed by atoms with van der Waals surface area (Å²) in [5.41, 5.74) is 1.37. The van der Waals surface area contributed by atoms with Crippen molar-refractivity contribution in [2.75, 3.05) is 19.6 Å². The molecule has 2 N–H and O–H groups in total. The van der Waals surface area contributed by atoms with Gasteiger partial charge in [-0.15, -0.1) is 0 Å². The molecule has 0 saturated carbocycles. The van der Waals surface area contributed by atoms with Gasteiger partial charge in [0.2, 0.25) is 0 Å². The molecule has 4 heteroatoms. The van der Waals surface area contributed by atoms with Crippen molar-refractivity contribution in [1.29, 1.82) is 0 Å². The molecule has 1 unspecified atom stereocenters. The lowest BCUT2D eigenvalue weighted by atomic mass is 10.0. The Balaban J connectivity index is 2.58. The average Bonchev–Trinajstić information content (AvgIpc) is 2.48. The molecular weight excluding hydrogens is 276 g/mol. The van der Waals surface area contributed by atoms with E-state index < -0.39 is 5.97 Å². The van der Waals surface area contributed by atoms with Crippen molar-refractivity contribution in [3.63, 3.8) is 0 Å². The minimum atomic E-state index is -0.873. The van der Waals surface area contributed by atoms with Crippen LogP contribution in [0.25, 0.3) is 0 Å². The standard InChI is InChI=1S/C18H30N2O2/c1-5-20(6-2)17(10-14(3)4)13-19-12-15-8-7-9-16(11-15)18(21)22/h7-9,11,14,17,19H,5-6,10,12-13H2,1-4H3,(H,21,22). The van der Waals surface area contributed by atoms with Gasteiger partial charge in [0.15, 0.2) is 0 Å². The highest BCUT2D eigenvalue weighted by Crippen LogP contribution is 2.11. The Hall–Kier alpha value is -1.39. The smallest absolute Gasteiger partial charge is 0.335 e. The van der Waals surface area contributed by atoms with E-state index in [4.69, 9.17) is 5.11 Å². The molecule has 0 bridgehead atoms. The van der Waals surface area contributed by atoms with E-state index >= 15 is 0 Å². The van der Waals surface area contributed by atoms with Crippen molar-refractivity contribution >= 4 is 5.97 Å². The van der Waals surface area contributed by atoms with E-state index in [1.165, 1.54) is 6.42 Å². The summed E-state index contributed by atoms with van der Waals surface area (Å²) in [6.45, 7) is 12.7. The van der Waals surface area contributed by atoms with Gasteiger partial charge in [-0.2, -0.15) is 0 Å². The molecule has 0 spiro atoms. The molecule has 4 nitrogen and oxygen atoms in total. The van der Waals surface area contributed by atoms with Crippen LogP contribution in [0.5, 0.6) is 0 Å². The SMILES string of the molecule is CCN(CC)C(CNCc1cccc(C(=O)O)c1)CC(C)C. The molecule has 124 valence electrons. The Morgan fingerprint density at radius 3 is 2.50 bits per heavy atom. The molecule has 0 aromatic heterocycles. The molecule has 1 atom stereocenters. The number of hydrogen-bond donors (Lipinski definition) is 2. The normalized spacial score (nSPS) is 12.8. The summed E-state index contributed by atoms with van der Waals surface area (Å²) in [6, 6.07) is 7.66. The van der Waals surface area contributed by atoms with E-state index in [0.29, 0.717) is 24.1 Å². The molecule has 1 rings (SSSR count). The lowest BCUT2D eigenvalue weighted by Crippen LogP contribution is -2.42. The van der Waals surface area contributed by atoms with Gasteiger partial charge >= 0.3 is 5.97 Å². The fraction of sp³-hybridized carbons (Fsp3) is 0.611. The van der Waals surface area contributed by atoms with E-state index in [9.17, 15) is 4.79 Å². The Kier molecular flexibility index (Phi) is 8.13. The number of likely N-dealkylation sites (N-methyl/N-ethyl adjacent to an activating group) is 1. The zero-order valence-electron chi connectivity index (χ0n) is 14.3. The monoisotopic (exact) mass is 306 g/mol. The maximum atomic E-state index is 11.0. The van der Waals surface area contributed by atoms with Crippen LogP contribution < -0.4 is 5.32 Å². The quantitative estimate of drug-likeness (QED) is 0.697. The van der Waals surface area contributed by atoms with Gasteiger partial charge < -0.3 is 10.4 Å². The van der Waals surface area contributed by atoms with E-state index in [1.54, 1.807) is 18.2 Å². The topological polar surface area (TPSA) is 52.6 Å². The summed E-state index contributed by atoms with van der Waals surface area (Å²) < 4.78 is 0. The molecule has 1 aromatic carbocycles. The third-order valence-electron chi connectivity index (χ3n) is 3.96. The predicted octanol–water partition coefficient (Wildman–Crippen LogP) is 3.23. The number of nitrogens with zero attached hydrogens (tertiary/aromatic N) is 1. The second-order valence-electron chi connectivity index (χ2n) is 6.14. The van der Waals surface area contributed by atoms with Gasteiger partial charge in [-0.1, -0.05) is 39.8 Å². The summed E-state index contributed by atoms with van der Waals surface area (Å²) in [5.74, 6) is -0.203. The van der Waals surface area contributed by atoms with E-state index in [1.807, 2.05) is 6.07 Å². The molecule has 22 heavy (non-hydrogen) atoms. The van der Waals surface area contributed by atoms with Crippen molar-refractivity contribution in [2.24, 2.45) is 5.92 Å². The highest BCUT2D eigenvalue weighted by molar-refractivity contribution is 5.87. The first-order valence-electron chi connectivity index (χ1n) is 8.24. The van der Waals surface area contributed by atoms with Gasteiger partial charge in [0, 0.05) is 19.1 Å². The minimum absolute atomic E-state index is 0.349. The summed E-state index contributed by atoms with van der Waals surface area (Å²) in [6.07, 6.45) is 1.17. The Morgan fingerprint density at radius 2 is 1.95 bits per heavy atom. The number of rotatable bonds is 10. The maximum Gasteiger partial charge on any atom is 0.335 e. The Labute approximate surface area is 134 Å². The van der Waals surface area contributed by atoms with Crippen LogP contribution in [0.3, 0.4) is 0 Å². The minimum Gasteiger partial charge on any atom is -0.478 e. The van der Waals surface area contributed by atoms with Crippen LogP contribution in [0.4, 0.5) is 0 Å². The van der Waals surface area contributed by atoms with Gasteiger partial charge in [0.1, 0.15) is 0 Å². The Morgan fingerprint density at radius 1 is 1.27 bits per heavy atom. The fourth-order valence-corrected chi connectivity index (χ4v) is 2.84. The molecule has 1 aromatic rings. The highest BCUT2D eigenvalue weighted by Gasteiger charge is 2.16. The van der Waals surface area contributed by atoms with Gasteiger partial charge in [-0.3, -0.25) is 4.90 Å². The first-order chi connectivity index (χ1) is 10.5. The molecule has 0 heterocycles. The zero-order valence-corrected chi connectivity index (χ0v) is 14.3. The average molecular weight is 306 g/mol. The number of hydrogen-bond acceptors (Lipinski definition) is 3. The second kappa shape index (κ2) is 9.59. The number of nitrogens with one attached hydrogen (secondary N) is 1. The van der Waals surface area contributed by atoms with Gasteiger partial charge in [-0.25, -0.2) is 4.79 Å². The van der Waals surface area contributed by atoms with Crippen LogP contribution in [0.2, 0.25) is 0 Å². The van der Waals surface area contributed by atoms with Gasteiger partial charge in [0.05, 0.1) is 5.56 Å². The number of carboxylic acid groups (broad SMARTS) is 1. The van der Waals surface area contributed by atoms with Crippen LogP contribution in [-0.2, 0) is 6.54 Å². The summed E-state index contributed by atoms with van der Waals surface area (Å²) >= 11 is 0.